The highest BCUT2D eigenvalue weighted by Crippen LogP contribution is 2.26. The third kappa shape index (κ3) is 3.83. The molecule has 0 bridgehead atoms. The van der Waals surface area contributed by atoms with Crippen molar-refractivity contribution in [1.29, 1.82) is 0 Å². The standard InChI is InChI=1S/C20H16F2N2O2S/c1-3-10-24-19(26)15-6-4-5-7-17(15)23-20(24)27-12(2)18(25)14-9-8-13(21)11-16(14)22/h3-9,11-12H,1,10H2,2H3. The number of hydrogen-bond donors (Lipinski definition) is 0. The molecule has 0 aliphatic heterocycles. The molecule has 0 saturated heterocycles. The van der Waals surface area contributed by atoms with E-state index in [2.05, 4.69) is 11.6 Å². The molecule has 0 radical (unpaired) electrons. The number of ketones is 1. The van der Waals surface area contributed by atoms with Crippen LogP contribution >= 0.6 is 11.8 Å². The number of thioether (sulfide) groups is 1. The maximum Gasteiger partial charge on any atom is 0.262 e. The summed E-state index contributed by atoms with van der Waals surface area (Å²) >= 11 is 1.05. The van der Waals surface area contributed by atoms with Gasteiger partial charge >= 0.3 is 0 Å². The van der Waals surface area contributed by atoms with Crippen molar-refractivity contribution in [2.45, 2.75) is 23.9 Å². The number of carbonyl (C=O) groups excluding carboxylic acids is 1. The van der Waals surface area contributed by atoms with Crippen LogP contribution in [0.2, 0.25) is 0 Å². The number of rotatable bonds is 6. The first-order valence-corrected chi connectivity index (χ1v) is 9.06. The van der Waals surface area contributed by atoms with Gasteiger partial charge in [0.05, 0.1) is 21.7 Å². The van der Waals surface area contributed by atoms with Crippen LogP contribution in [0.5, 0.6) is 0 Å². The zero-order valence-electron chi connectivity index (χ0n) is 14.5. The van der Waals surface area contributed by atoms with E-state index in [1.807, 2.05) is 0 Å². The van der Waals surface area contributed by atoms with Gasteiger partial charge in [-0.1, -0.05) is 30.0 Å². The summed E-state index contributed by atoms with van der Waals surface area (Å²) in [7, 11) is 0. The quantitative estimate of drug-likeness (QED) is 0.275. The second-order valence-corrected chi connectivity index (χ2v) is 7.17. The molecule has 0 N–H and O–H groups in total. The van der Waals surface area contributed by atoms with Crippen LogP contribution in [0.15, 0.2) is 65.1 Å². The van der Waals surface area contributed by atoms with Crippen LogP contribution in [0.4, 0.5) is 8.78 Å². The van der Waals surface area contributed by atoms with Gasteiger partial charge in [0.2, 0.25) is 0 Å². The summed E-state index contributed by atoms with van der Waals surface area (Å²) in [6, 6.07) is 9.74. The molecule has 1 atom stereocenters. The van der Waals surface area contributed by atoms with Crippen molar-refractivity contribution in [3.8, 4) is 0 Å². The highest BCUT2D eigenvalue weighted by molar-refractivity contribution is 8.00. The van der Waals surface area contributed by atoms with Crippen molar-refractivity contribution in [1.82, 2.24) is 9.55 Å². The number of nitrogens with zero attached hydrogens (tertiary/aromatic N) is 2. The minimum atomic E-state index is -0.914. The fraction of sp³-hybridized carbons (Fsp3) is 0.150. The lowest BCUT2D eigenvalue weighted by atomic mass is 10.1. The topological polar surface area (TPSA) is 52.0 Å². The van der Waals surface area contributed by atoms with E-state index in [-0.39, 0.29) is 17.7 Å². The summed E-state index contributed by atoms with van der Waals surface area (Å²) in [5.41, 5.74) is 0.0725. The van der Waals surface area contributed by atoms with Crippen molar-refractivity contribution < 1.29 is 13.6 Å². The lowest BCUT2D eigenvalue weighted by Crippen LogP contribution is -2.24. The molecule has 1 unspecified atom stereocenters. The van der Waals surface area contributed by atoms with Crippen LogP contribution in [-0.4, -0.2) is 20.6 Å². The fourth-order valence-electron chi connectivity index (χ4n) is 2.65. The van der Waals surface area contributed by atoms with Crippen molar-refractivity contribution in [3.63, 3.8) is 0 Å². The van der Waals surface area contributed by atoms with Crippen molar-refractivity contribution >= 4 is 28.4 Å². The largest absolute Gasteiger partial charge is 0.293 e. The van der Waals surface area contributed by atoms with Crippen molar-refractivity contribution in [2.75, 3.05) is 0 Å². The summed E-state index contributed by atoms with van der Waals surface area (Å²) < 4.78 is 28.4. The Labute approximate surface area is 158 Å². The van der Waals surface area contributed by atoms with Gasteiger partial charge in [-0.25, -0.2) is 13.8 Å². The van der Waals surface area contributed by atoms with E-state index in [1.165, 1.54) is 4.57 Å². The first-order chi connectivity index (χ1) is 12.9. The van der Waals surface area contributed by atoms with Crippen molar-refractivity contribution in [3.05, 3.63) is 82.7 Å². The van der Waals surface area contributed by atoms with E-state index in [9.17, 15) is 18.4 Å². The number of aromatic nitrogens is 2. The van der Waals surface area contributed by atoms with Gasteiger partial charge in [-0.3, -0.25) is 14.2 Å². The van der Waals surface area contributed by atoms with Gasteiger partial charge in [0.1, 0.15) is 11.6 Å². The van der Waals surface area contributed by atoms with Crippen LogP contribution in [-0.2, 0) is 6.54 Å². The molecular formula is C20H16F2N2O2S. The molecule has 3 rings (SSSR count). The Hall–Kier alpha value is -2.80. The molecule has 0 fully saturated rings. The summed E-state index contributed by atoms with van der Waals surface area (Å²) in [5.74, 6) is -2.17. The number of para-hydroxylation sites is 1. The second-order valence-electron chi connectivity index (χ2n) is 5.86. The number of Topliss-reactive ketones (excluding diaryl/α,β-unsaturated/α-hetero) is 1. The molecule has 0 aliphatic rings. The van der Waals surface area contributed by atoms with Gasteiger partial charge in [-0.2, -0.15) is 0 Å². The van der Waals surface area contributed by atoms with Gasteiger partial charge in [0, 0.05) is 12.6 Å². The lowest BCUT2D eigenvalue weighted by molar-refractivity contribution is 0.0990. The summed E-state index contributed by atoms with van der Waals surface area (Å²) in [6.45, 7) is 5.47. The van der Waals surface area contributed by atoms with Crippen LogP contribution in [0.3, 0.4) is 0 Å². The molecule has 0 saturated carbocycles. The average molecular weight is 386 g/mol. The van der Waals surface area contributed by atoms with Crippen molar-refractivity contribution in [2.24, 2.45) is 0 Å². The Morgan fingerprint density at radius 1 is 1.30 bits per heavy atom. The van der Waals surface area contributed by atoms with Crippen LogP contribution in [0.1, 0.15) is 17.3 Å². The second kappa shape index (κ2) is 7.84. The Morgan fingerprint density at radius 3 is 2.74 bits per heavy atom. The van der Waals surface area contributed by atoms with E-state index < -0.39 is 22.7 Å². The highest BCUT2D eigenvalue weighted by atomic mass is 32.2. The first-order valence-electron chi connectivity index (χ1n) is 8.18. The third-order valence-corrected chi connectivity index (χ3v) is 5.08. The molecule has 2 aromatic carbocycles. The Morgan fingerprint density at radius 2 is 2.04 bits per heavy atom. The number of carbonyl (C=O) groups is 1. The molecule has 0 spiro atoms. The number of allylic oxidation sites excluding steroid dienone is 1. The van der Waals surface area contributed by atoms with Gasteiger partial charge in [0.15, 0.2) is 10.9 Å². The van der Waals surface area contributed by atoms with Crippen LogP contribution in [0, 0.1) is 11.6 Å². The molecule has 7 heteroatoms. The minimum Gasteiger partial charge on any atom is -0.293 e. The molecule has 138 valence electrons. The molecule has 0 amide bonds. The Bertz CT molecular complexity index is 1100. The number of fused-ring (bicyclic) bond motifs is 1. The predicted octanol–water partition coefficient (Wildman–Crippen LogP) is 4.22. The van der Waals surface area contributed by atoms with Crippen LogP contribution < -0.4 is 5.56 Å². The maximum atomic E-state index is 13.9. The SMILES string of the molecule is C=CCn1c(SC(C)C(=O)c2ccc(F)cc2F)nc2ccccc2c1=O. The molecule has 27 heavy (non-hydrogen) atoms. The van der Waals surface area contributed by atoms with E-state index in [0.29, 0.717) is 22.1 Å². The minimum absolute atomic E-state index is 0.199. The van der Waals surface area contributed by atoms with E-state index in [1.54, 1.807) is 37.3 Å². The zero-order chi connectivity index (χ0) is 19.6. The van der Waals surface area contributed by atoms with E-state index >= 15 is 0 Å². The smallest absolute Gasteiger partial charge is 0.262 e. The Balaban J connectivity index is 1.99. The molecule has 4 nitrogen and oxygen atoms in total. The number of benzene rings is 2. The van der Waals surface area contributed by atoms with Gasteiger partial charge < -0.3 is 0 Å². The summed E-state index contributed by atoms with van der Waals surface area (Å²) in [4.78, 5) is 29.8. The molecule has 1 aromatic heterocycles. The maximum absolute atomic E-state index is 13.9. The lowest BCUT2D eigenvalue weighted by Gasteiger charge is -2.15. The Kier molecular flexibility index (Phi) is 5.51. The summed E-state index contributed by atoms with van der Waals surface area (Å²) in [6.07, 6.45) is 1.56. The molecular weight excluding hydrogens is 370 g/mol. The number of hydrogen-bond acceptors (Lipinski definition) is 4. The monoisotopic (exact) mass is 386 g/mol. The zero-order valence-corrected chi connectivity index (χ0v) is 15.3. The third-order valence-electron chi connectivity index (χ3n) is 3.99. The predicted molar refractivity (Wildman–Crippen MR) is 102 cm³/mol. The highest BCUT2D eigenvalue weighted by Gasteiger charge is 2.23. The summed E-state index contributed by atoms with van der Waals surface area (Å²) in [5, 5.41) is 0.0725. The van der Waals surface area contributed by atoms with Gasteiger partial charge in [-0.05, 0) is 31.2 Å². The van der Waals surface area contributed by atoms with E-state index in [4.69, 9.17) is 0 Å². The molecule has 0 aliphatic carbocycles. The normalized spacial score (nSPS) is 12.1. The molecule has 3 aromatic rings. The van der Waals surface area contributed by atoms with Gasteiger partial charge in [0.25, 0.3) is 5.56 Å². The van der Waals surface area contributed by atoms with E-state index in [0.717, 1.165) is 23.9 Å². The first kappa shape index (κ1) is 19.0. The fourth-order valence-corrected chi connectivity index (χ4v) is 3.63. The molecule has 1 heterocycles. The number of halogens is 2. The van der Waals surface area contributed by atoms with Crippen LogP contribution in [0.25, 0.3) is 10.9 Å². The van der Waals surface area contributed by atoms with Gasteiger partial charge in [-0.15, -0.1) is 6.58 Å². The average Bonchev–Trinajstić information content (AvgIpc) is 2.64.